The van der Waals surface area contributed by atoms with Gasteiger partial charge in [0.2, 0.25) is 5.91 Å². The molecule has 0 aromatic heterocycles. The molecule has 2 aliphatic rings. The minimum absolute atomic E-state index is 0.0675. The van der Waals surface area contributed by atoms with E-state index < -0.39 is 17.9 Å². The third kappa shape index (κ3) is 7.62. The monoisotopic (exact) mass is 759 g/mol. The third-order valence-corrected chi connectivity index (χ3v) is 9.60. The van der Waals surface area contributed by atoms with Crippen LogP contribution in [0.25, 0.3) is 0 Å². The molecule has 0 radical (unpaired) electrons. The summed E-state index contributed by atoms with van der Waals surface area (Å²) in [5.74, 6) is -1.07. The number of fused-ring (bicyclic) bond motifs is 1. The van der Waals surface area contributed by atoms with Crippen LogP contribution in [0.4, 0.5) is 16.2 Å². The number of carbonyl (C=O) groups is 4. The van der Waals surface area contributed by atoms with Crippen molar-refractivity contribution in [3.63, 3.8) is 0 Å². The second kappa shape index (κ2) is 14.2. The first-order valence-corrected chi connectivity index (χ1v) is 16.4. The number of anilines is 2. The number of urea groups is 1. The number of benzene rings is 3. The van der Waals surface area contributed by atoms with Gasteiger partial charge >= 0.3 is 6.03 Å². The van der Waals surface area contributed by atoms with Crippen LogP contribution in [-0.4, -0.2) is 70.2 Å². The van der Waals surface area contributed by atoms with Crippen molar-refractivity contribution in [2.45, 2.75) is 44.7 Å². The van der Waals surface area contributed by atoms with Crippen LogP contribution in [0.5, 0.6) is 5.75 Å². The number of hydrogen-bond acceptors (Lipinski definition) is 6. The minimum atomic E-state index is -1.26. The van der Waals surface area contributed by atoms with Gasteiger partial charge in [-0.3, -0.25) is 14.4 Å². The number of nitrogens with two attached hydrogens (primary N) is 1. The van der Waals surface area contributed by atoms with Gasteiger partial charge in [-0.2, -0.15) is 5.06 Å². The zero-order valence-electron chi connectivity index (χ0n) is 24.5. The molecule has 0 bridgehead atoms. The fourth-order valence-electron chi connectivity index (χ4n) is 5.61. The van der Waals surface area contributed by atoms with Gasteiger partial charge in [0.25, 0.3) is 5.91 Å². The largest absolute Gasteiger partial charge is 0.397 e. The molecular weight excluding hydrogens is 730 g/mol. The Kier molecular flexibility index (Phi) is 10.4. The molecule has 1 saturated heterocycles. The topological polar surface area (TPSA) is 125 Å². The maximum absolute atomic E-state index is 14.1. The molecule has 3 N–H and O–H groups in total. The molecule has 1 fully saturated rings. The molecule has 0 spiro atoms. The minimum Gasteiger partial charge on any atom is -0.397 e. The van der Waals surface area contributed by atoms with Gasteiger partial charge < -0.3 is 25.7 Å². The number of piperidine rings is 1. The van der Waals surface area contributed by atoms with E-state index in [1.807, 2.05) is 29.2 Å². The molecule has 3 aromatic carbocycles. The maximum atomic E-state index is 14.1. The van der Waals surface area contributed by atoms with Gasteiger partial charge in [0.1, 0.15) is 0 Å². The number of ketones is 1. The average molecular weight is 762 g/mol. The SMILES string of the molecule is CC(=O)N(Oc1ccc(Cl)cc1)[C@@H](CC(=O)c1cc(Br)c(N)c(Br)c1)C(=O)N1CCC(N2CCc3ccccc3NC2=O)CC1. The second-order valence-electron chi connectivity index (χ2n) is 11.0. The molecule has 3 aromatic rings. The maximum Gasteiger partial charge on any atom is 0.322 e. The van der Waals surface area contributed by atoms with Crippen LogP contribution in [0.3, 0.4) is 0 Å². The Bertz CT molecular complexity index is 1590. The lowest BCUT2D eigenvalue weighted by molar-refractivity contribution is -0.173. The van der Waals surface area contributed by atoms with Crippen molar-refractivity contribution in [3.05, 3.63) is 85.8 Å². The number of likely N-dealkylation sites (tertiary alicyclic amines) is 1. The number of rotatable bonds is 8. The van der Waals surface area contributed by atoms with Crippen LogP contribution in [-0.2, 0) is 16.0 Å². The van der Waals surface area contributed by atoms with Crippen LogP contribution >= 0.6 is 43.5 Å². The fourth-order valence-corrected chi connectivity index (χ4v) is 6.92. The predicted molar refractivity (Wildman–Crippen MR) is 179 cm³/mol. The van der Waals surface area contributed by atoms with Crippen molar-refractivity contribution in [1.29, 1.82) is 0 Å². The van der Waals surface area contributed by atoms with Crippen molar-refractivity contribution in [2.24, 2.45) is 0 Å². The smallest absolute Gasteiger partial charge is 0.322 e. The first kappa shape index (κ1) is 32.8. The lowest BCUT2D eigenvalue weighted by Gasteiger charge is -2.40. The summed E-state index contributed by atoms with van der Waals surface area (Å²) in [6.07, 6.45) is 1.49. The molecule has 236 valence electrons. The summed E-state index contributed by atoms with van der Waals surface area (Å²) in [4.78, 5) is 63.2. The molecule has 4 amide bonds. The highest BCUT2D eigenvalue weighted by molar-refractivity contribution is 9.11. The first-order chi connectivity index (χ1) is 21.5. The summed E-state index contributed by atoms with van der Waals surface area (Å²) >= 11 is 12.8. The number of hydrogen-bond donors (Lipinski definition) is 2. The van der Waals surface area contributed by atoms with E-state index in [4.69, 9.17) is 22.2 Å². The molecular formula is C32H32Br2ClN5O5. The van der Waals surface area contributed by atoms with Crippen molar-refractivity contribution < 1.29 is 24.0 Å². The van der Waals surface area contributed by atoms with Crippen LogP contribution in [0, 0.1) is 0 Å². The van der Waals surface area contributed by atoms with Crippen molar-refractivity contribution >= 4 is 78.5 Å². The van der Waals surface area contributed by atoms with E-state index in [9.17, 15) is 19.2 Å². The molecule has 2 aliphatic heterocycles. The zero-order chi connectivity index (χ0) is 32.2. The average Bonchev–Trinajstić information content (AvgIpc) is 3.19. The summed E-state index contributed by atoms with van der Waals surface area (Å²) in [6, 6.07) is 15.8. The number of para-hydroxylation sites is 1. The molecule has 0 saturated carbocycles. The van der Waals surface area contributed by atoms with Crippen LogP contribution in [0.15, 0.2) is 69.6 Å². The van der Waals surface area contributed by atoms with E-state index in [1.165, 1.54) is 6.92 Å². The molecule has 1 atom stereocenters. The molecule has 0 aliphatic carbocycles. The Morgan fingerprint density at radius 3 is 2.33 bits per heavy atom. The Morgan fingerprint density at radius 2 is 1.69 bits per heavy atom. The van der Waals surface area contributed by atoms with Gasteiger partial charge in [-0.1, -0.05) is 29.8 Å². The van der Waals surface area contributed by atoms with Crippen LogP contribution < -0.4 is 15.9 Å². The summed E-state index contributed by atoms with van der Waals surface area (Å²) < 4.78 is 1.04. The molecule has 5 rings (SSSR count). The number of Topliss-reactive ketones (excluding diaryl/α,β-unsaturated/α-hetero) is 1. The standard InChI is InChI=1S/C32H32Br2ClN5O5/c1-19(41)40(45-24-8-6-22(35)7-9-24)28(18-29(42)21-16-25(33)30(36)26(34)17-21)31(43)38-13-11-23(12-14-38)39-15-10-20-4-2-3-5-27(20)37-32(39)44/h2-9,16-17,23,28H,10-15,18,36H2,1H3,(H,37,44)/t28-/m0/s1. The molecule has 2 heterocycles. The van der Waals surface area contributed by atoms with E-state index in [-0.39, 0.29) is 30.0 Å². The van der Waals surface area contributed by atoms with Gasteiger partial charge in [0.05, 0.1) is 5.69 Å². The Balaban J connectivity index is 1.34. The number of nitrogens with one attached hydrogen (secondary N) is 1. The van der Waals surface area contributed by atoms with Crippen LogP contribution in [0.2, 0.25) is 5.02 Å². The summed E-state index contributed by atoms with van der Waals surface area (Å²) in [5.41, 5.74) is 8.65. The van der Waals surface area contributed by atoms with Gasteiger partial charge in [-0.15, -0.1) is 0 Å². The highest BCUT2D eigenvalue weighted by atomic mass is 79.9. The molecule has 13 heteroatoms. The highest BCUT2D eigenvalue weighted by Gasteiger charge is 2.38. The number of nitrogens with zero attached hydrogens (tertiary/aromatic N) is 3. The van der Waals surface area contributed by atoms with Crippen LogP contribution in [0.1, 0.15) is 42.1 Å². The number of carbonyl (C=O) groups excluding carboxylic acids is 4. The van der Waals surface area contributed by atoms with E-state index >= 15 is 0 Å². The predicted octanol–water partition coefficient (Wildman–Crippen LogP) is 6.31. The third-order valence-electron chi connectivity index (χ3n) is 8.03. The van der Waals surface area contributed by atoms with Gasteiger partial charge in [0, 0.05) is 64.2 Å². The lowest BCUT2D eigenvalue weighted by atomic mass is 9.99. The highest BCUT2D eigenvalue weighted by Crippen LogP contribution is 2.31. The van der Waals surface area contributed by atoms with E-state index in [1.54, 1.807) is 41.3 Å². The van der Waals surface area contributed by atoms with Crippen molar-refractivity contribution in [2.75, 3.05) is 30.7 Å². The second-order valence-corrected chi connectivity index (χ2v) is 13.1. The van der Waals surface area contributed by atoms with E-state index in [2.05, 4.69) is 37.2 Å². The number of halogens is 3. The molecule has 45 heavy (non-hydrogen) atoms. The van der Waals surface area contributed by atoms with Gasteiger partial charge in [-0.25, -0.2) is 4.79 Å². The summed E-state index contributed by atoms with van der Waals surface area (Å²) in [5, 5.41) is 4.44. The van der Waals surface area contributed by atoms with Crippen molar-refractivity contribution in [1.82, 2.24) is 14.9 Å². The summed E-state index contributed by atoms with van der Waals surface area (Å²) in [7, 11) is 0. The molecule has 10 nitrogen and oxygen atoms in total. The normalized spacial score (nSPS) is 15.9. The molecule has 0 unspecified atom stereocenters. The Hall–Kier alpha value is -3.61. The summed E-state index contributed by atoms with van der Waals surface area (Å²) in [6.45, 7) is 2.53. The number of hydroxylamine groups is 2. The lowest BCUT2D eigenvalue weighted by Crippen LogP contribution is -2.56. The van der Waals surface area contributed by atoms with E-state index in [0.717, 1.165) is 22.7 Å². The fraction of sp³-hybridized carbons (Fsp3) is 0.312. The van der Waals surface area contributed by atoms with Gasteiger partial charge in [0.15, 0.2) is 17.6 Å². The number of nitrogen functional groups attached to an aromatic ring is 1. The van der Waals surface area contributed by atoms with Gasteiger partial charge in [-0.05, 0) is 99.2 Å². The van der Waals surface area contributed by atoms with Crippen molar-refractivity contribution in [3.8, 4) is 5.75 Å². The Labute approximate surface area is 283 Å². The zero-order valence-corrected chi connectivity index (χ0v) is 28.4. The Morgan fingerprint density at radius 1 is 1.04 bits per heavy atom. The first-order valence-electron chi connectivity index (χ1n) is 14.5. The van der Waals surface area contributed by atoms with E-state index in [0.29, 0.717) is 57.7 Å². The quantitative estimate of drug-likeness (QED) is 0.158. The number of amides is 4.